The largest absolute Gasteiger partial charge is 1.00 e. The number of nitrogens with two attached hydrogens (primary N) is 1. The fraction of sp³-hybridized carbons (Fsp3) is 0.375. The first-order valence-electron chi connectivity index (χ1n) is 10.6. The Kier molecular flexibility index (Phi) is 10.7. The van der Waals surface area contributed by atoms with Crippen molar-refractivity contribution in [2.24, 2.45) is 5.73 Å². The quantitative estimate of drug-likeness (QED) is 0.647. The molecule has 1 aliphatic heterocycles. The molecule has 166 valence electrons. The minimum atomic E-state index is -0.382. The average molecular weight is 483 g/mol. The number of primary amides is 1. The molecule has 0 saturated heterocycles. The molecule has 1 fully saturated rings. The predicted octanol–water partition coefficient (Wildman–Crippen LogP) is 4.05. The number of hydrogen-bond acceptors (Lipinski definition) is 2. The monoisotopic (exact) mass is 482 g/mol. The fourth-order valence-electron chi connectivity index (χ4n) is 3.93. The van der Waals surface area contributed by atoms with Crippen LogP contribution in [0.3, 0.4) is 0 Å². The summed E-state index contributed by atoms with van der Waals surface area (Å²) in [7, 11) is 0. The van der Waals surface area contributed by atoms with E-state index in [0.717, 1.165) is 29.8 Å². The van der Waals surface area contributed by atoms with Gasteiger partial charge in [-0.25, -0.2) is 4.79 Å². The van der Waals surface area contributed by atoms with Gasteiger partial charge in [-0.2, -0.15) is 6.20 Å². The molecule has 1 unspecified atom stereocenters. The van der Waals surface area contributed by atoms with Crippen molar-refractivity contribution in [3.63, 3.8) is 0 Å². The normalized spacial score (nSPS) is 17.9. The van der Waals surface area contributed by atoms with Crippen LogP contribution in [0, 0.1) is 6.92 Å². The van der Waals surface area contributed by atoms with Crippen molar-refractivity contribution in [2.75, 3.05) is 4.90 Å². The second kappa shape index (κ2) is 12.8. The number of halogens is 2. The molecule has 1 saturated carbocycles. The molecule has 2 aromatic carbocycles. The van der Waals surface area contributed by atoms with Crippen molar-refractivity contribution in [2.45, 2.75) is 58.2 Å². The number of urea groups is 1. The zero-order chi connectivity index (χ0) is 22.4. The maximum Gasteiger partial charge on any atom is 1.00 e. The maximum absolute atomic E-state index is 10.4. The van der Waals surface area contributed by atoms with Crippen molar-refractivity contribution in [3.8, 4) is 0 Å². The van der Waals surface area contributed by atoms with E-state index in [1.54, 1.807) is 6.07 Å². The van der Waals surface area contributed by atoms with Crippen molar-refractivity contribution >= 4 is 34.9 Å². The molecule has 1 aliphatic carbocycles. The number of carbonyl (C=O) groups excluding carboxylic acids is 1. The summed E-state index contributed by atoms with van der Waals surface area (Å²) in [5.41, 5.74) is 9.36. The Morgan fingerprint density at radius 1 is 1.06 bits per heavy atom. The van der Waals surface area contributed by atoms with Gasteiger partial charge >= 0.3 is 35.6 Å². The number of rotatable bonds is 3. The first-order chi connectivity index (χ1) is 14.8. The third kappa shape index (κ3) is 7.32. The van der Waals surface area contributed by atoms with E-state index in [1.165, 1.54) is 24.8 Å². The third-order valence-electron chi connectivity index (χ3n) is 5.53. The Labute approximate surface area is 223 Å². The van der Waals surface area contributed by atoms with Crippen molar-refractivity contribution < 1.29 is 34.4 Å². The molecule has 0 spiro atoms. The Morgan fingerprint density at radius 3 is 2.31 bits per heavy atom. The van der Waals surface area contributed by atoms with Crippen LogP contribution in [0.2, 0.25) is 10.0 Å². The number of anilines is 1. The number of nitrogens with zero attached hydrogens (tertiary/aromatic N) is 2. The molecule has 1 heterocycles. The number of aryl methyl sites for hydroxylation is 1. The van der Waals surface area contributed by atoms with Gasteiger partial charge in [0.1, 0.15) is 0 Å². The third-order valence-corrected chi connectivity index (χ3v) is 6.09. The predicted molar refractivity (Wildman–Crippen MR) is 130 cm³/mol. The van der Waals surface area contributed by atoms with Gasteiger partial charge in [0.25, 0.3) is 0 Å². The van der Waals surface area contributed by atoms with Crippen LogP contribution < -0.4 is 45.5 Å². The molecular formula is C24H29Cl2N4NaO. The number of allylic oxidation sites excluding steroid dienone is 1. The van der Waals surface area contributed by atoms with Crippen LogP contribution in [-0.2, 0) is 0 Å². The van der Waals surface area contributed by atoms with E-state index in [2.05, 4.69) is 46.7 Å². The van der Waals surface area contributed by atoms with E-state index in [9.17, 15) is 4.79 Å². The molecule has 4 rings (SSSR count). The van der Waals surface area contributed by atoms with Gasteiger partial charge in [-0.3, -0.25) is 0 Å². The Morgan fingerprint density at radius 2 is 1.72 bits per heavy atom. The number of nitrogens with one attached hydrogen (secondary N) is 1. The molecule has 8 heteroatoms. The summed E-state index contributed by atoms with van der Waals surface area (Å²) in [5.74, 6) is 0. The second-order valence-electron chi connectivity index (χ2n) is 8.01. The number of benzene rings is 2. The fourth-order valence-corrected chi connectivity index (χ4v) is 4.43. The van der Waals surface area contributed by atoms with Crippen LogP contribution >= 0.6 is 23.2 Å². The molecule has 3 N–H and O–H groups in total. The van der Waals surface area contributed by atoms with Gasteiger partial charge in [-0.05, 0) is 68.4 Å². The van der Waals surface area contributed by atoms with Crippen molar-refractivity contribution in [3.05, 3.63) is 80.9 Å². The number of amides is 2. The van der Waals surface area contributed by atoms with E-state index in [0.29, 0.717) is 16.1 Å². The maximum atomic E-state index is 10.4. The molecule has 1 atom stereocenters. The summed E-state index contributed by atoms with van der Waals surface area (Å²) in [6.07, 6.45) is 7.70. The van der Waals surface area contributed by atoms with E-state index in [1.807, 2.05) is 25.3 Å². The number of carbonyl (C=O) groups is 1. The zero-order valence-electron chi connectivity index (χ0n) is 18.9. The van der Waals surface area contributed by atoms with E-state index in [-0.39, 0.29) is 41.8 Å². The topological polar surface area (TPSA) is 72.5 Å². The van der Waals surface area contributed by atoms with Crippen LogP contribution in [0.15, 0.2) is 54.4 Å². The smallest absolute Gasteiger partial charge is 0.666 e. The molecule has 0 aromatic heterocycles. The van der Waals surface area contributed by atoms with Gasteiger partial charge in [0, 0.05) is 21.8 Å². The molecule has 2 amide bonds. The number of hydrogen-bond donors (Lipinski definition) is 2. The summed E-state index contributed by atoms with van der Waals surface area (Å²) in [4.78, 5) is 12.6. The van der Waals surface area contributed by atoms with E-state index >= 15 is 0 Å². The van der Waals surface area contributed by atoms with Crippen LogP contribution in [0.1, 0.15) is 56.3 Å². The molecule has 5 nitrogen and oxygen atoms in total. The Hall–Kier alpha value is -1.37. The standard InChI is InChI=1S/C17H15Cl2N2.C7H14N2O.Na/c1-11-3-6-14(7-4-11)21-12(2)10-20-17(21)15-8-5-13(18)9-16(15)19;8-7(10)9-6-4-2-1-3-5-6;/h3-10,17H,1-2H3;6H,1-5H2,(H3,8,9,10);/q-1;;+1. The van der Waals surface area contributed by atoms with Crippen LogP contribution in [-0.4, -0.2) is 12.1 Å². The van der Waals surface area contributed by atoms with Gasteiger partial charge in [-0.15, -0.1) is 0 Å². The molecule has 0 radical (unpaired) electrons. The zero-order valence-corrected chi connectivity index (χ0v) is 22.5. The Bertz CT molecular complexity index is 930. The van der Waals surface area contributed by atoms with Crippen LogP contribution in [0.25, 0.3) is 5.32 Å². The summed E-state index contributed by atoms with van der Waals surface area (Å²) in [6, 6.07) is 13.9. The summed E-state index contributed by atoms with van der Waals surface area (Å²) in [6.45, 7) is 4.13. The van der Waals surface area contributed by atoms with Gasteiger partial charge in [-0.1, -0.05) is 66.2 Å². The average Bonchev–Trinajstić information content (AvgIpc) is 3.10. The van der Waals surface area contributed by atoms with Gasteiger partial charge < -0.3 is 21.3 Å². The van der Waals surface area contributed by atoms with Crippen molar-refractivity contribution in [1.82, 2.24) is 5.32 Å². The SMILES string of the molecule is CC1=C[N-]C(c2ccc(Cl)cc2Cl)N1c1ccc(C)cc1.NC(=O)NC1CCCCC1.[Na+]. The van der Waals surface area contributed by atoms with Gasteiger partial charge in [0.05, 0.1) is 0 Å². The minimum Gasteiger partial charge on any atom is -0.666 e. The van der Waals surface area contributed by atoms with Gasteiger partial charge in [0.2, 0.25) is 0 Å². The molecular weight excluding hydrogens is 454 g/mol. The van der Waals surface area contributed by atoms with Crippen molar-refractivity contribution in [1.29, 1.82) is 0 Å². The van der Waals surface area contributed by atoms with E-state index < -0.39 is 0 Å². The molecule has 0 bridgehead atoms. The van der Waals surface area contributed by atoms with Gasteiger partial charge in [0.15, 0.2) is 0 Å². The van der Waals surface area contributed by atoms with Crippen LogP contribution in [0.5, 0.6) is 0 Å². The summed E-state index contributed by atoms with van der Waals surface area (Å²) >= 11 is 12.3. The summed E-state index contributed by atoms with van der Waals surface area (Å²) in [5, 5.41) is 8.58. The minimum absolute atomic E-state index is 0. The van der Waals surface area contributed by atoms with E-state index in [4.69, 9.17) is 28.9 Å². The molecule has 2 aliphatic rings. The Balaban J connectivity index is 0.000000280. The van der Waals surface area contributed by atoms with Crippen LogP contribution in [0.4, 0.5) is 10.5 Å². The first kappa shape index (κ1) is 26.9. The second-order valence-corrected chi connectivity index (χ2v) is 8.85. The summed E-state index contributed by atoms with van der Waals surface area (Å²) < 4.78 is 0. The molecule has 32 heavy (non-hydrogen) atoms. The molecule has 2 aromatic rings. The first-order valence-corrected chi connectivity index (χ1v) is 11.3.